The molecule has 2 rings (SSSR count). The zero-order chi connectivity index (χ0) is 14.0. The first kappa shape index (κ1) is 13.6. The van der Waals surface area contributed by atoms with Crippen LogP contribution in [0.15, 0.2) is 16.7 Å². The Morgan fingerprint density at radius 1 is 1.58 bits per heavy atom. The van der Waals surface area contributed by atoms with E-state index in [1.54, 1.807) is 6.07 Å². The molecule has 104 valence electrons. The summed E-state index contributed by atoms with van der Waals surface area (Å²) in [5.41, 5.74) is 7.34. The molecule has 0 radical (unpaired) electrons. The summed E-state index contributed by atoms with van der Waals surface area (Å²) in [6.45, 7) is 3.78. The van der Waals surface area contributed by atoms with Crippen molar-refractivity contribution in [2.75, 3.05) is 13.1 Å². The van der Waals surface area contributed by atoms with Crippen molar-refractivity contribution in [3.05, 3.63) is 23.7 Å². The molecule has 2 amide bonds. The third-order valence-corrected chi connectivity index (χ3v) is 3.57. The molecule has 19 heavy (non-hydrogen) atoms. The van der Waals surface area contributed by atoms with Crippen LogP contribution in [0.3, 0.4) is 0 Å². The number of hydrogen-bond donors (Lipinski definition) is 3. The van der Waals surface area contributed by atoms with E-state index in [-0.39, 0.29) is 5.91 Å². The molecule has 5 N–H and O–H groups in total. The quantitative estimate of drug-likeness (QED) is 0.389. The van der Waals surface area contributed by atoms with Gasteiger partial charge in [0.25, 0.3) is 5.91 Å². The van der Waals surface area contributed by atoms with Gasteiger partial charge in [0.1, 0.15) is 12.0 Å². The van der Waals surface area contributed by atoms with E-state index in [1.807, 2.05) is 12.3 Å². The lowest BCUT2D eigenvalue weighted by molar-refractivity contribution is -0.126. The van der Waals surface area contributed by atoms with E-state index in [0.29, 0.717) is 24.4 Å². The number of nitrogen functional groups attached to an aromatic ring is 1. The zero-order valence-electron chi connectivity index (χ0n) is 10.8. The Morgan fingerprint density at radius 2 is 2.32 bits per heavy atom. The molecule has 1 unspecified atom stereocenters. The second-order valence-electron chi connectivity index (χ2n) is 5.16. The lowest BCUT2D eigenvalue weighted by atomic mass is 9.89. The van der Waals surface area contributed by atoms with Crippen molar-refractivity contribution in [2.45, 2.75) is 19.9 Å². The minimum absolute atomic E-state index is 0.280. The molecule has 2 heterocycles. The van der Waals surface area contributed by atoms with E-state index in [1.165, 1.54) is 6.26 Å². The monoisotopic (exact) mass is 266 g/mol. The standard InChI is InChI=1S/C12H18N4O3/c1-12(11(13)18)2-3-16(7-12)5-9-4-8(6-19-9)10(17)15-14/h4,6H,2-3,5,7,14H2,1H3,(H2,13,18)(H,15,17). The smallest absolute Gasteiger partial charge is 0.268 e. The van der Waals surface area contributed by atoms with Crippen molar-refractivity contribution >= 4 is 11.8 Å². The minimum atomic E-state index is -0.482. The molecule has 1 fully saturated rings. The van der Waals surface area contributed by atoms with Crippen LogP contribution in [0.25, 0.3) is 0 Å². The average Bonchev–Trinajstić information content (AvgIpc) is 2.97. The molecular weight excluding hydrogens is 248 g/mol. The maximum Gasteiger partial charge on any atom is 0.268 e. The Bertz CT molecular complexity index is 499. The molecule has 1 saturated heterocycles. The molecule has 0 spiro atoms. The van der Waals surface area contributed by atoms with Gasteiger partial charge in [-0.2, -0.15) is 0 Å². The summed E-state index contributed by atoms with van der Waals surface area (Å²) in [6.07, 6.45) is 2.10. The fourth-order valence-corrected chi connectivity index (χ4v) is 2.28. The lowest BCUT2D eigenvalue weighted by Gasteiger charge is -2.20. The highest BCUT2D eigenvalue weighted by atomic mass is 16.3. The van der Waals surface area contributed by atoms with E-state index in [9.17, 15) is 9.59 Å². The third kappa shape index (κ3) is 2.77. The van der Waals surface area contributed by atoms with Gasteiger partial charge in [0.05, 0.1) is 17.5 Å². The predicted molar refractivity (Wildman–Crippen MR) is 67.6 cm³/mol. The normalized spacial score (nSPS) is 23.5. The summed E-state index contributed by atoms with van der Waals surface area (Å²) < 4.78 is 5.30. The number of amides is 2. The molecule has 1 atom stereocenters. The van der Waals surface area contributed by atoms with E-state index in [0.717, 1.165) is 13.0 Å². The molecule has 1 aliphatic heterocycles. The van der Waals surface area contributed by atoms with Crippen LogP contribution in [0.4, 0.5) is 0 Å². The van der Waals surface area contributed by atoms with Crippen molar-refractivity contribution < 1.29 is 14.0 Å². The zero-order valence-corrected chi connectivity index (χ0v) is 10.8. The van der Waals surface area contributed by atoms with Crippen molar-refractivity contribution in [1.29, 1.82) is 0 Å². The highest BCUT2D eigenvalue weighted by molar-refractivity contribution is 5.93. The van der Waals surface area contributed by atoms with Crippen LogP contribution < -0.4 is 17.0 Å². The van der Waals surface area contributed by atoms with Gasteiger partial charge < -0.3 is 10.2 Å². The van der Waals surface area contributed by atoms with Gasteiger partial charge in [-0.05, 0) is 26.0 Å². The fourth-order valence-electron chi connectivity index (χ4n) is 2.28. The summed E-state index contributed by atoms with van der Waals surface area (Å²) >= 11 is 0. The number of nitrogens with zero attached hydrogens (tertiary/aromatic N) is 1. The maximum absolute atomic E-state index is 11.4. The number of furan rings is 1. The number of carbonyl (C=O) groups excluding carboxylic acids is 2. The minimum Gasteiger partial charge on any atom is -0.467 e. The first-order chi connectivity index (χ1) is 8.94. The van der Waals surface area contributed by atoms with Gasteiger partial charge in [0.15, 0.2) is 0 Å². The number of rotatable bonds is 4. The average molecular weight is 266 g/mol. The molecule has 1 aliphatic rings. The molecule has 0 aliphatic carbocycles. The summed E-state index contributed by atoms with van der Waals surface area (Å²) in [5, 5.41) is 0. The summed E-state index contributed by atoms with van der Waals surface area (Å²) in [4.78, 5) is 24.7. The van der Waals surface area contributed by atoms with Gasteiger partial charge >= 0.3 is 0 Å². The number of hydrogen-bond acceptors (Lipinski definition) is 5. The van der Waals surface area contributed by atoms with Crippen molar-refractivity contribution in [1.82, 2.24) is 10.3 Å². The van der Waals surface area contributed by atoms with Crippen LogP contribution in [0.5, 0.6) is 0 Å². The van der Waals surface area contributed by atoms with E-state index in [2.05, 4.69) is 4.90 Å². The lowest BCUT2D eigenvalue weighted by Crippen LogP contribution is -2.36. The number of nitrogens with one attached hydrogen (secondary N) is 1. The molecule has 1 aromatic heterocycles. The maximum atomic E-state index is 11.4. The largest absolute Gasteiger partial charge is 0.467 e. The van der Waals surface area contributed by atoms with E-state index >= 15 is 0 Å². The summed E-state index contributed by atoms with van der Waals surface area (Å²) in [7, 11) is 0. The number of carbonyl (C=O) groups is 2. The highest BCUT2D eigenvalue weighted by Gasteiger charge is 2.38. The van der Waals surface area contributed by atoms with Crippen molar-refractivity contribution in [3.63, 3.8) is 0 Å². The SMILES string of the molecule is CC1(C(N)=O)CCN(Cc2cc(C(=O)NN)co2)C1. The Hall–Kier alpha value is -1.86. The van der Waals surface area contributed by atoms with Gasteiger partial charge in [-0.1, -0.05) is 0 Å². The second kappa shape index (κ2) is 5.02. The molecular formula is C12H18N4O3. The highest BCUT2D eigenvalue weighted by Crippen LogP contribution is 2.30. The Kier molecular flexibility index (Phi) is 3.59. The first-order valence-corrected chi connectivity index (χ1v) is 6.05. The topological polar surface area (TPSA) is 115 Å². The Balaban J connectivity index is 1.98. The molecule has 0 bridgehead atoms. The molecule has 0 aromatic carbocycles. The number of hydrazine groups is 1. The fraction of sp³-hybridized carbons (Fsp3) is 0.500. The van der Waals surface area contributed by atoms with Crippen molar-refractivity contribution in [3.8, 4) is 0 Å². The number of likely N-dealkylation sites (tertiary alicyclic amines) is 1. The molecule has 1 aromatic rings. The van der Waals surface area contributed by atoms with Crippen LogP contribution >= 0.6 is 0 Å². The summed E-state index contributed by atoms with van der Waals surface area (Å²) in [6, 6.07) is 1.64. The van der Waals surface area contributed by atoms with Crippen LogP contribution in [-0.2, 0) is 11.3 Å². The van der Waals surface area contributed by atoms with Crippen LogP contribution in [0.1, 0.15) is 29.5 Å². The van der Waals surface area contributed by atoms with E-state index in [4.69, 9.17) is 16.0 Å². The van der Waals surface area contributed by atoms with Gasteiger partial charge in [-0.3, -0.25) is 19.9 Å². The van der Waals surface area contributed by atoms with Crippen LogP contribution in [-0.4, -0.2) is 29.8 Å². The Labute approximate surface area is 110 Å². The molecule has 0 saturated carbocycles. The van der Waals surface area contributed by atoms with Crippen LogP contribution in [0.2, 0.25) is 0 Å². The van der Waals surface area contributed by atoms with Gasteiger partial charge in [-0.15, -0.1) is 0 Å². The van der Waals surface area contributed by atoms with Gasteiger partial charge in [-0.25, -0.2) is 5.84 Å². The Morgan fingerprint density at radius 3 is 2.89 bits per heavy atom. The molecule has 7 nitrogen and oxygen atoms in total. The summed E-state index contributed by atoms with van der Waals surface area (Å²) in [5.74, 6) is 5.03. The molecule has 7 heteroatoms. The number of primary amides is 1. The van der Waals surface area contributed by atoms with Gasteiger partial charge in [0, 0.05) is 6.54 Å². The van der Waals surface area contributed by atoms with E-state index < -0.39 is 11.3 Å². The number of nitrogens with two attached hydrogens (primary N) is 2. The van der Waals surface area contributed by atoms with Crippen molar-refractivity contribution in [2.24, 2.45) is 17.0 Å². The predicted octanol–water partition coefficient (Wildman–Crippen LogP) is -0.420. The second-order valence-corrected chi connectivity index (χ2v) is 5.16. The first-order valence-electron chi connectivity index (χ1n) is 6.05. The van der Waals surface area contributed by atoms with Gasteiger partial charge in [0.2, 0.25) is 5.91 Å². The van der Waals surface area contributed by atoms with Crippen LogP contribution in [0, 0.1) is 5.41 Å². The third-order valence-electron chi connectivity index (χ3n) is 3.57.